The summed E-state index contributed by atoms with van der Waals surface area (Å²) < 4.78 is 5.15. The van der Waals surface area contributed by atoms with Crippen LogP contribution < -0.4 is 0 Å². The predicted molar refractivity (Wildman–Crippen MR) is 77.0 cm³/mol. The van der Waals surface area contributed by atoms with Gasteiger partial charge in [0.15, 0.2) is 5.82 Å². The van der Waals surface area contributed by atoms with Crippen LogP contribution in [0.4, 0.5) is 0 Å². The Labute approximate surface area is 121 Å². The van der Waals surface area contributed by atoms with E-state index in [1.165, 1.54) is 23.8 Å². The highest BCUT2D eigenvalue weighted by Gasteiger charge is 2.14. The summed E-state index contributed by atoms with van der Waals surface area (Å²) in [7, 11) is 0. The Kier molecular flexibility index (Phi) is 3.31. The highest BCUT2D eigenvalue weighted by molar-refractivity contribution is 5.64. The summed E-state index contributed by atoms with van der Waals surface area (Å²) in [6, 6.07) is 12.2. The van der Waals surface area contributed by atoms with Crippen molar-refractivity contribution in [3.63, 3.8) is 0 Å². The lowest BCUT2D eigenvalue weighted by atomic mass is 10.1. The van der Waals surface area contributed by atoms with E-state index in [1.54, 1.807) is 0 Å². The van der Waals surface area contributed by atoms with Crippen LogP contribution in [0.1, 0.15) is 17.0 Å². The van der Waals surface area contributed by atoms with E-state index in [0.29, 0.717) is 17.8 Å². The first-order valence-electron chi connectivity index (χ1n) is 6.52. The van der Waals surface area contributed by atoms with Crippen LogP contribution in [-0.4, -0.2) is 20.4 Å². The van der Waals surface area contributed by atoms with Gasteiger partial charge in [0.25, 0.3) is 5.89 Å². The minimum absolute atomic E-state index is 0.0154. The van der Waals surface area contributed by atoms with Crippen molar-refractivity contribution >= 4 is 0 Å². The van der Waals surface area contributed by atoms with Crippen molar-refractivity contribution in [3.8, 4) is 23.0 Å². The van der Waals surface area contributed by atoms with Crippen molar-refractivity contribution in [1.82, 2.24) is 10.1 Å². The molecule has 0 aliphatic rings. The Morgan fingerprint density at radius 1 is 1.05 bits per heavy atom. The van der Waals surface area contributed by atoms with Crippen molar-refractivity contribution in [2.75, 3.05) is 0 Å². The number of aromatic nitrogens is 2. The lowest BCUT2D eigenvalue weighted by Gasteiger charge is -1.99. The molecule has 0 unspecified atom stereocenters. The average molecular weight is 282 g/mol. The Morgan fingerprint density at radius 3 is 2.57 bits per heavy atom. The van der Waals surface area contributed by atoms with Gasteiger partial charge in [0.1, 0.15) is 11.5 Å². The molecule has 0 amide bonds. The van der Waals surface area contributed by atoms with Gasteiger partial charge in [0.2, 0.25) is 0 Å². The molecule has 3 aromatic rings. The topological polar surface area (TPSA) is 79.4 Å². The summed E-state index contributed by atoms with van der Waals surface area (Å²) in [6.07, 6.45) is 0.545. The number of hydrogen-bond acceptors (Lipinski definition) is 5. The maximum absolute atomic E-state index is 9.78. The molecule has 0 saturated carbocycles. The van der Waals surface area contributed by atoms with Crippen LogP contribution in [0.15, 0.2) is 47.0 Å². The third-order valence-electron chi connectivity index (χ3n) is 3.16. The first-order valence-corrected chi connectivity index (χ1v) is 6.52. The standard InChI is InChI=1S/C16H14N2O3/c1-10-2-4-11(5-3-10)8-15-17-16(21-18-15)13-9-12(19)6-7-14(13)20/h2-7,9,19-20H,8H2,1H3. The van der Waals surface area contributed by atoms with Gasteiger partial charge in [-0.05, 0) is 30.7 Å². The fourth-order valence-electron chi connectivity index (χ4n) is 2.02. The van der Waals surface area contributed by atoms with E-state index < -0.39 is 0 Å². The van der Waals surface area contributed by atoms with E-state index in [4.69, 9.17) is 4.52 Å². The fourth-order valence-corrected chi connectivity index (χ4v) is 2.02. The number of benzene rings is 2. The van der Waals surface area contributed by atoms with Crippen molar-refractivity contribution in [3.05, 3.63) is 59.4 Å². The first kappa shape index (κ1) is 13.2. The molecule has 0 atom stereocenters. The van der Waals surface area contributed by atoms with Gasteiger partial charge in [0.05, 0.1) is 5.56 Å². The van der Waals surface area contributed by atoms with Crippen LogP contribution in [-0.2, 0) is 6.42 Å². The van der Waals surface area contributed by atoms with Gasteiger partial charge in [0, 0.05) is 6.42 Å². The monoisotopic (exact) mass is 282 g/mol. The highest BCUT2D eigenvalue weighted by Crippen LogP contribution is 2.31. The number of rotatable bonds is 3. The molecular weight excluding hydrogens is 268 g/mol. The molecule has 0 radical (unpaired) electrons. The van der Waals surface area contributed by atoms with Gasteiger partial charge in [-0.2, -0.15) is 4.98 Å². The number of aromatic hydroxyl groups is 2. The van der Waals surface area contributed by atoms with Crippen molar-refractivity contribution < 1.29 is 14.7 Å². The quantitative estimate of drug-likeness (QED) is 0.722. The van der Waals surface area contributed by atoms with E-state index in [-0.39, 0.29) is 17.4 Å². The zero-order valence-corrected chi connectivity index (χ0v) is 11.4. The van der Waals surface area contributed by atoms with Crippen LogP contribution >= 0.6 is 0 Å². The lowest BCUT2D eigenvalue weighted by molar-refractivity contribution is 0.417. The maximum Gasteiger partial charge on any atom is 0.261 e. The molecule has 0 spiro atoms. The molecule has 0 fully saturated rings. The summed E-state index contributed by atoms with van der Waals surface area (Å²) in [5.41, 5.74) is 2.59. The minimum Gasteiger partial charge on any atom is -0.508 e. The van der Waals surface area contributed by atoms with Gasteiger partial charge in [-0.25, -0.2) is 0 Å². The van der Waals surface area contributed by atoms with Crippen LogP contribution in [0.25, 0.3) is 11.5 Å². The Bertz CT molecular complexity index is 763. The minimum atomic E-state index is -0.0154. The highest BCUT2D eigenvalue weighted by atomic mass is 16.5. The molecule has 2 N–H and O–H groups in total. The summed E-state index contributed by atoms with van der Waals surface area (Å²) in [5, 5.41) is 23.1. The average Bonchev–Trinajstić information content (AvgIpc) is 2.92. The summed E-state index contributed by atoms with van der Waals surface area (Å²) >= 11 is 0. The van der Waals surface area contributed by atoms with Crippen LogP contribution in [0, 0.1) is 6.92 Å². The van der Waals surface area contributed by atoms with Gasteiger partial charge >= 0.3 is 0 Å². The Hall–Kier alpha value is -2.82. The van der Waals surface area contributed by atoms with Gasteiger partial charge in [-0.3, -0.25) is 0 Å². The zero-order valence-electron chi connectivity index (χ0n) is 11.4. The molecule has 1 aromatic heterocycles. The van der Waals surface area contributed by atoms with E-state index in [9.17, 15) is 10.2 Å². The number of hydrogen-bond donors (Lipinski definition) is 2. The molecule has 1 heterocycles. The van der Waals surface area contributed by atoms with E-state index in [1.807, 2.05) is 31.2 Å². The Balaban J connectivity index is 1.86. The third kappa shape index (κ3) is 2.86. The Morgan fingerprint density at radius 2 is 1.81 bits per heavy atom. The zero-order chi connectivity index (χ0) is 14.8. The normalized spacial score (nSPS) is 10.7. The molecule has 2 aromatic carbocycles. The third-order valence-corrected chi connectivity index (χ3v) is 3.16. The lowest BCUT2D eigenvalue weighted by Crippen LogP contribution is -1.90. The molecule has 106 valence electrons. The maximum atomic E-state index is 9.78. The molecule has 0 aliphatic carbocycles. The number of phenols is 2. The molecule has 5 nitrogen and oxygen atoms in total. The van der Waals surface area contributed by atoms with Crippen molar-refractivity contribution in [2.45, 2.75) is 13.3 Å². The van der Waals surface area contributed by atoms with Crippen LogP contribution in [0.5, 0.6) is 11.5 Å². The van der Waals surface area contributed by atoms with E-state index >= 15 is 0 Å². The van der Waals surface area contributed by atoms with Crippen molar-refractivity contribution in [2.24, 2.45) is 0 Å². The summed E-state index contributed by atoms with van der Waals surface area (Å²) in [6.45, 7) is 2.03. The predicted octanol–water partition coefficient (Wildman–Crippen LogP) is 3.05. The molecule has 5 heteroatoms. The van der Waals surface area contributed by atoms with Crippen molar-refractivity contribution in [1.29, 1.82) is 0 Å². The molecule has 21 heavy (non-hydrogen) atoms. The van der Waals surface area contributed by atoms with E-state index in [2.05, 4.69) is 10.1 Å². The molecule has 0 bridgehead atoms. The fraction of sp³-hybridized carbons (Fsp3) is 0.125. The summed E-state index contributed by atoms with van der Waals surface area (Å²) in [5.74, 6) is 0.724. The number of aryl methyl sites for hydroxylation is 1. The molecule has 0 aliphatic heterocycles. The second-order valence-corrected chi connectivity index (χ2v) is 4.88. The van der Waals surface area contributed by atoms with Gasteiger partial charge < -0.3 is 14.7 Å². The van der Waals surface area contributed by atoms with Crippen LogP contribution in [0.3, 0.4) is 0 Å². The van der Waals surface area contributed by atoms with E-state index in [0.717, 1.165) is 5.56 Å². The van der Waals surface area contributed by atoms with Crippen LogP contribution in [0.2, 0.25) is 0 Å². The second-order valence-electron chi connectivity index (χ2n) is 4.88. The smallest absolute Gasteiger partial charge is 0.261 e. The van der Waals surface area contributed by atoms with Gasteiger partial charge in [-0.1, -0.05) is 35.0 Å². The molecule has 3 rings (SSSR count). The number of nitrogens with zero attached hydrogens (tertiary/aromatic N) is 2. The molecular formula is C16H14N2O3. The number of phenolic OH excluding ortho intramolecular Hbond substituents is 2. The second kappa shape index (κ2) is 5.28. The first-order chi connectivity index (χ1) is 10.1. The largest absolute Gasteiger partial charge is 0.508 e. The summed E-state index contributed by atoms with van der Waals surface area (Å²) in [4.78, 5) is 4.25. The van der Waals surface area contributed by atoms with Gasteiger partial charge in [-0.15, -0.1) is 0 Å². The molecule has 0 saturated heterocycles. The SMILES string of the molecule is Cc1ccc(Cc2noc(-c3cc(O)ccc3O)n2)cc1.